The summed E-state index contributed by atoms with van der Waals surface area (Å²) in [6, 6.07) is 3.18. The molecule has 0 spiro atoms. The Morgan fingerprint density at radius 1 is 1.18 bits per heavy atom. The van der Waals surface area contributed by atoms with Gasteiger partial charge in [0.1, 0.15) is 11.5 Å². The van der Waals surface area contributed by atoms with Crippen molar-refractivity contribution in [3.63, 3.8) is 0 Å². The number of fused-ring (bicyclic) bond motifs is 1. The zero-order valence-electron chi connectivity index (χ0n) is 15.2. The van der Waals surface area contributed by atoms with Gasteiger partial charge in [0.25, 0.3) is 5.91 Å². The summed E-state index contributed by atoms with van der Waals surface area (Å²) in [6.45, 7) is 2.17. The predicted octanol–water partition coefficient (Wildman–Crippen LogP) is 2.49. The lowest BCUT2D eigenvalue weighted by molar-refractivity contribution is -0.139. The first-order chi connectivity index (χ1) is 13.4. The summed E-state index contributed by atoms with van der Waals surface area (Å²) in [5, 5.41) is 7.47. The lowest BCUT2D eigenvalue weighted by Gasteiger charge is -2.34. The number of nitrogens with one attached hydrogen (secondary N) is 2. The molecular weight excluding hydrogens is 376 g/mol. The van der Waals surface area contributed by atoms with E-state index in [4.69, 9.17) is 0 Å². The van der Waals surface area contributed by atoms with Crippen LogP contribution in [0.5, 0.6) is 0 Å². The molecule has 2 atom stereocenters. The van der Waals surface area contributed by atoms with Gasteiger partial charge in [0.2, 0.25) is 0 Å². The van der Waals surface area contributed by atoms with E-state index >= 15 is 0 Å². The minimum Gasteiger partial charge on any atom is -0.337 e. The van der Waals surface area contributed by atoms with Crippen molar-refractivity contribution in [2.75, 3.05) is 26.2 Å². The number of piperidine rings is 2. The predicted molar refractivity (Wildman–Crippen MR) is 95.3 cm³/mol. The van der Waals surface area contributed by atoms with E-state index < -0.39 is 23.5 Å². The highest BCUT2D eigenvalue weighted by atomic mass is 19.4. The van der Waals surface area contributed by atoms with E-state index in [2.05, 4.69) is 15.8 Å². The van der Waals surface area contributed by atoms with Gasteiger partial charge in [-0.2, -0.15) is 18.3 Å². The number of carbonyl (C=O) groups is 1. The van der Waals surface area contributed by atoms with Gasteiger partial charge in [-0.15, -0.1) is 0 Å². The average Bonchev–Trinajstić information content (AvgIpc) is 3.11. The molecule has 1 aromatic rings. The van der Waals surface area contributed by atoms with Crippen LogP contribution < -0.4 is 10.7 Å². The summed E-state index contributed by atoms with van der Waals surface area (Å²) in [7, 11) is 0. The first-order valence-electron chi connectivity index (χ1n) is 9.55. The Labute approximate surface area is 160 Å². The van der Waals surface area contributed by atoms with Crippen molar-refractivity contribution in [1.29, 1.82) is 0 Å². The molecule has 2 unspecified atom stereocenters. The third-order valence-corrected chi connectivity index (χ3v) is 5.95. The molecule has 3 aliphatic rings. The van der Waals surface area contributed by atoms with Crippen molar-refractivity contribution < 1.29 is 22.4 Å². The number of rotatable bonds is 2. The summed E-state index contributed by atoms with van der Waals surface area (Å²) in [5.41, 5.74) is 2.31. The number of hydrazone groups is 1. The Bertz CT molecular complexity index is 787. The van der Waals surface area contributed by atoms with E-state index in [-0.39, 0.29) is 23.4 Å². The van der Waals surface area contributed by atoms with E-state index in [9.17, 15) is 22.4 Å². The molecule has 3 heterocycles. The van der Waals surface area contributed by atoms with Crippen LogP contribution in [-0.2, 0) is 11.0 Å². The van der Waals surface area contributed by atoms with Crippen molar-refractivity contribution in [3.05, 3.63) is 35.1 Å². The second-order valence-electron chi connectivity index (χ2n) is 7.60. The average molecular weight is 398 g/mol. The van der Waals surface area contributed by atoms with Crippen molar-refractivity contribution in [2.24, 2.45) is 11.0 Å². The second-order valence-corrected chi connectivity index (χ2v) is 7.60. The number of carbonyl (C=O) groups excluding carboxylic acids is 1. The van der Waals surface area contributed by atoms with E-state index in [1.165, 1.54) is 0 Å². The van der Waals surface area contributed by atoms with Gasteiger partial charge in [0.05, 0.1) is 11.6 Å². The summed E-state index contributed by atoms with van der Waals surface area (Å²) in [5.74, 6) is -1.49. The van der Waals surface area contributed by atoms with E-state index in [1.54, 1.807) is 4.90 Å². The third kappa shape index (κ3) is 3.47. The highest BCUT2D eigenvalue weighted by Crippen LogP contribution is 2.40. The number of hydrogen-bond donors (Lipinski definition) is 2. The summed E-state index contributed by atoms with van der Waals surface area (Å²) >= 11 is 0. The zero-order valence-corrected chi connectivity index (χ0v) is 15.2. The third-order valence-electron chi connectivity index (χ3n) is 5.95. The molecule has 152 valence electrons. The quantitative estimate of drug-likeness (QED) is 0.753. The van der Waals surface area contributed by atoms with Crippen LogP contribution in [0.1, 0.15) is 36.3 Å². The Hall–Kier alpha value is -2.16. The monoisotopic (exact) mass is 398 g/mol. The van der Waals surface area contributed by atoms with E-state index in [0.29, 0.717) is 31.6 Å². The van der Waals surface area contributed by atoms with Gasteiger partial charge in [0.15, 0.2) is 0 Å². The normalized spacial score (nSPS) is 25.9. The van der Waals surface area contributed by atoms with E-state index in [0.717, 1.165) is 37.7 Å². The fourth-order valence-electron chi connectivity index (χ4n) is 4.50. The largest absolute Gasteiger partial charge is 0.416 e. The number of nitrogens with zero attached hydrogens (tertiary/aromatic N) is 2. The minimum absolute atomic E-state index is 0.0647. The summed E-state index contributed by atoms with van der Waals surface area (Å²) in [6.07, 6.45) is -3.18. The van der Waals surface area contributed by atoms with Crippen molar-refractivity contribution in [2.45, 2.75) is 37.4 Å². The molecule has 5 nitrogen and oxygen atoms in total. The number of amides is 1. The second kappa shape index (κ2) is 7.35. The molecule has 0 bridgehead atoms. The molecule has 0 radical (unpaired) electrons. The Kier molecular flexibility index (Phi) is 5.03. The van der Waals surface area contributed by atoms with Crippen LogP contribution in [0.2, 0.25) is 0 Å². The number of hydrogen-bond acceptors (Lipinski definition) is 4. The lowest BCUT2D eigenvalue weighted by Crippen LogP contribution is -2.49. The van der Waals surface area contributed by atoms with Crippen LogP contribution in [0.25, 0.3) is 0 Å². The molecule has 2 fully saturated rings. The maximum atomic E-state index is 14.2. The standard InChI is InChI=1S/C19H22F4N4O/c20-14-3-1-2-13(19(21,22)23)16(14)11-5-8-27(9-6-11)18(28)17-12-4-7-24-10-15(12)25-26-17/h1-3,11-12,15,24-25H,4-10H2. The minimum atomic E-state index is -4.60. The topological polar surface area (TPSA) is 56.7 Å². The van der Waals surface area contributed by atoms with Gasteiger partial charge in [0, 0.05) is 31.1 Å². The van der Waals surface area contributed by atoms with Crippen LogP contribution >= 0.6 is 0 Å². The summed E-state index contributed by atoms with van der Waals surface area (Å²) < 4.78 is 54.1. The molecule has 2 N–H and O–H groups in total. The van der Waals surface area contributed by atoms with Crippen LogP contribution in [0, 0.1) is 11.7 Å². The molecule has 4 rings (SSSR count). The first kappa shape index (κ1) is 19.2. The van der Waals surface area contributed by atoms with Gasteiger partial charge in [-0.1, -0.05) is 6.07 Å². The van der Waals surface area contributed by atoms with Crippen LogP contribution in [0.4, 0.5) is 17.6 Å². The molecule has 9 heteroatoms. The first-order valence-corrected chi connectivity index (χ1v) is 9.55. The van der Waals surface area contributed by atoms with Gasteiger partial charge in [-0.25, -0.2) is 4.39 Å². The molecule has 0 saturated carbocycles. The molecular formula is C19H22F4N4O. The number of alkyl halides is 3. The maximum absolute atomic E-state index is 14.2. The SMILES string of the molecule is O=C(C1=NNC2CNCCC12)N1CCC(c2c(F)cccc2C(F)(F)F)CC1. The molecule has 0 aromatic heterocycles. The van der Waals surface area contributed by atoms with E-state index in [1.807, 2.05) is 0 Å². The molecule has 2 saturated heterocycles. The molecule has 0 aliphatic carbocycles. The highest BCUT2D eigenvalue weighted by Gasteiger charge is 2.41. The maximum Gasteiger partial charge on any atom is 0.416 e. The summed E-state index contributed by atoms with van der Waals surface area (Å²) in [4.78, 5) is 14.5. The molecule has 1 amide bonds. The smallest absolute Gasteiger partial charge is 0.337 e. The van der Waals surface area contributed by atoms with Crippen molar-refractivity contribution in [3.8, 4) is 0 Å². The Morgan fingerprint density at radius 2 is 1.93 bits per heavy atom. The van der Waals surface area contributed by atoms with Crippen molar-refractivity contribution in [1.82, 2.24) is 15.6 Å². The van der Waals surface area contributed by atoms with Gasteiger partial charge < -0.3 is 15.6 Å². The Morgan fingerprint density at radius 3 is 2.64 bits per heavy atom. The Balaban J connectivity index is 1.45. The van der Waals surface area contributed by atoms with Gasteiger partial charge in [-0.3, -0.25) is 4.79 Å². The van der Waals surface area contributed by atoms with Gasteiger partial charge >= 0.3 is 6.18 Å². The zero-order chi connectivity index (χ0) is 19.9. The molecule has 1 aromatic carbocycles. The fourth-order valence-corrected chi connectivity index (χ4v) is 4.50. The molecule has 3 aliphatic heterocycles. The molecule has 28 heavy (non-hydrogen) atoms. The lowest BCUT2D eigenvalue weighted by atomic mass is 9.85. The van der Waals surface area contributed by atoms with Crippen LogP contribution in [0.3, 0.4) is 0 Å². The number of benzene rings is 1. The number of halogens is 4. The van der Waals surface area contributed by atoms with Gasteiger partial charge in [-0.05, 0) is 43.9 Å². The highest BCUT2D eigenvalue weighted by molar-refractivity contribution is 6.40. The van der Waals surface area contributed by atoms with Crippen LogP contribution in [0.15, 0.2) is 23.3 Å². The number of likely N-dealkylation sites (tertiary alicyclic amines) is 1. The van der Waals surface area contributed by atoms with Crippen LogP contribution in [-0.4, -0.2) is 48.7 Å². The van der Waals surface area contributed by atoms with Crippen molar-refractivity contribution >= 4 is 11.6 Å². The fraction of sp³-hybridized carbons (Fsp3) is 0.579.